The highest BCUT2D eigenvalue weighted by molar-refractivity contribution is 5.94. The molecule has 2 nitrogen and oxygen atoms in total. The van der Waals surface area contributed by atoms with Crippen LogP contribution in [-0.4, -0.2) is 11.9 Å². The van der Waals surface area contributed by atoms with Crippen molar-refractivity contribution in [3.05, 3.63) is 35.6 Å². The van der Waals surface area contributed by atoms with E-state index in [9.17, 15) is 9.18 Å². The topological polar surface area (TPSA) is 29.1 Å². The van der Waals surface area contributed by atoms with E-state index in [0.29, 0.717) is 11.8 Å². The molecule has 1 aromatic carbocycles. The predicted molar refractivity (Wildman–Crippen MR) is 69.8 cm³/mol. The van der Waals surface area contributed by atoms with E-state index in [1.54, 1.807) is 12.1 Å². The van der Waals surface area contributed by atoms with Gasteiger partial charge in [-0.3, -0.25) is 4.79 Å². The molecule has 1 fully saturated rings. The van der Waals surface area contributed by atoms with Crippen molar-refractivity contribution in [2.75, 3.05) is 0 Å². The predicted octanol–water partition coefficient (Wildman–Crippen LogP) is 3.38. The van der Waals surface area contributed by atoms with Gasteiger partial charge in [0.15, 0.2) is 0 Å². The summed E-state index contributed by atoms with van der Waals surface area (Å²) in [5.74, 6) is 0.324. The molecule has 3 heteroatoms. The molecule has 1 aliphatic rings. The van der Waals surface area contributed by atoms with E-state index in [0.717, 1.165) is 12.8 Å². The first-order chi connectivity index (χ1) is 8.59. The van der Waals surface area contributed by atoms with Crippen molar-refractivity contribution in [2.24, 2.45) is 11.8 Å². The lowest BCUT2D eigenvalue weighted by molar-refractivity contribution is 0.0887. The second-order valence-electron chi connectivity index (χ2n) is 5.33. The summed E-state index contributed by atoms with van der Waals surface area (Å²) in [6.45, 7) is 4.38. The van der Waals surface area contributed by atoms with Gasteiger partial charge in [-0.2, -0.15) is 0 Å². The molecule has 0 saturated heterocycles. The van der Waals surface area contributed by atoms with Crippen LogP contribution in [-0.2, 0) is 0 Å². The zero-order chi connectivity index (χ0) is 13.1. The van der Waals surface area contributed by atoms with Crippen LogP contribution < -0.4 is 5.32 Å². The Morgan fingerprint density at radius 2 is 2.00 bits per heavy atom. The highest BCUT2D eigenvalue weighted by Gasteiger charge is 2.28. The van der Waals surface area contributed by atoms with Crippen molar-refractivity contribution in [3.63, 3.8) is 0 Å². The first-order valence-electron chi connectivity index (χ1n) is 6.65. The minimum atomic E-state index is -0.452. The van der Waals surface area contributed by atoms with Crippen molar-refractivity contribution in [2.45, 2.75) is 39.2 Å². The van der Waals surface area contributed by atoms with Gasteiger partial charge in [-0.15, -0.1) is 0 Å². The van der Waals surface area contributed by atoms with E-state index in [4.69, 9.17) is 0 Å². The number of halogens is 1. The van der Waals surface area contributed by atoms with Gasteiger partial charge < -0.3 is 5.32 Å². The van der Waals surface area contributed by atoms with Gasteiger partial charge in [0.1, 0.15) is 5.82 Å². The van der Waals surface area contributed by atoms with Crippen molar-refractivity contribution < 1.29 is 9.18 Å². The van der Waals surface area contributed by atoms with Gasteiger partial charge in [-0.25, -0.2) is 4.39 Å². The summed E-state index contributed by atoms with van der Waals surface area (Å²) < 4.78 is 13.5. The third-order valence-corrected chi connectivity index (χ3v) is 4.14. The standard InChI is InChI=1S/C15H20FNO/c1-10-6-5-9-14(11(10)2)17-15(18)12-7-3-4-8-13(12)16/h3-4,7-8,10-11,14H,5-6,9H2,1-2H3,(H,17,18). The second-order valence-corrected chi connectivity index (χ2v) is 5.33. The summed E-state index contributed by atoms with van der Waals surface area (Å²) in [4.78, 5) is 12.0. The van der Waals surface area contributed by atoms with Crippen LogP contribution in [0.1, 0.15) is 43.5 Å². The Kier molecular flexibility index (Phi) is 4.00. The van der Waals surface area contributed by atoms with Gasteiger partial charge in [0.25, 0.3) is 5.91 Å². The number of amides is 1. The lowest BCUT2D eigenvalue weighted by Crippen LogP contribution is -2.43. The summed E-state index contributed by atoms with van der Waals surface area (Å²) in [6.07, 6.45) is 3.34. The van der Waals surface area contributed by atoms with Gasteiger partial charge >= 0.3 is 0 Å². The molecule has 0 aromatic heterocycles. The van der Waals surface area contributed by atoms with E-state index in [-0.39, 0.29) is 17.5 Å². The summed E-state index contributed by atoms with van der Waals surface area (Å²) in [5.41, 5.74) is 0.142. The molecule has 0 spiro atoms. The number of rotatable bonds is 2. The SMILES string of the molecule is CC1CCCC(NC(=O)c2ccccc2F)C1C. The largest absolute Gasteiger partial charge is 0.349 e. The minimum absolute atomic E-state index is 0.142. The Labute approximate surface area is 108 Å². The molecule has 1 N–H and O–H groups in total. The molecule has 0 radical (unpaired) electrons. The van der Waals surface area contributed by atoms with E-state index in [2.05, 4.69) is 19.2 Å². The maximum absolute atomic E-state index is 13.5. The van der Waals surface area contributed by atoms with E-state index < -0.39 is 5.82 Å². The lowest BCUT2D eigenvalue weighted by atomic mass is 9.78. The number of carbonyl (C=O) groups is 1. The highest BCUT2D eigenvalue weighted by atomic mass is 19.1. The average Bonchev–Trinajstić information content (AvgIpc) is 2.35. The van der Waals surface area contributed by atoms with Gasteiger partial charge in [-0.05, 0) is 30.4 Å². The molecule has 0 bridgehead atoms. The quantitative estimate of drug-likeness (QED) is 0.855. The third-order valence-electron chi connectivity index (χ3n) is 4.14. The highest BCUT2D eigenvalue weighted by Crippen LogP contribution is 2.29. The fourth-order valence-electron chi connectivity index (χ4n) is 2.68. The van der Waals surface area contributed by atoms with Gasteiger partial charge in [0, 0.05) is 6.04 Å². The maximum Gasteiger partial charge on any atom is 0.254 e. The molecule has 0 aliphatic heterocycles. The van der Waals surface area contributed by atoms with Crippen molar-refractivity contribution in [3.8, 4) is 0 Å². The number of benzene rings is 1. The molecule has 0 heterocycles. The Morgan fingerprint density at radius 1 is 1.28 bits per heavy atom. The van der Waals surface area contributed by atoms with Crippen LogP contribution >= 0.6 is 0 Å². The van der Waals surface area contributed by atoms with Crippen molar-refractivity contribution >= 4 is 5.91 Å². The summed E-state index contributed by atoms with van der Waals surface area (Å²) in [5, 5.41) is 2.98. The monoisotopic (exact) mass is 249 g/mol. The molecule has 3 unspecified atom stereocenters. The molecule has 1 aliphatic carbocycles. The molecule has 18 heavy (non-hydrogen) atoms. The summed E-state index contributed by atoms with van der Waals surface area (Å²) in [6, 6.07) is 6.30. The second kappa shape index (κ2) is 5.51. The molecule has 1 saturated carbocycles. The van der Waals surface area contributed by atoms with Gasteiger partial charge in [0.05, 0.1) is 5.56 Å². The zero-order valence-corrected chi connectivity index (χ0v) is 10.9. The molecular formula is C15H20FNO. The maximum atomic E-state index is 13.5. The Hall–Kier alpha value is -1.38. The molecule has 3 atom stereocenters. The fraction of sp³-hybridized carbons (Fsp3) is 0.533. The van der Waals surface area contributed by atoms with Crippen LogP contribution in [0.5, 0.6) is 0 Å². The molecule has 2 rings (SSSR count). The molecule has 98 valence electrons. The van der Waals surface area contributed by atoms with E-state index in [1.807, 2.05) is 0 Å². The van der Waals surface area contributed by atoms with Crippen LogP contribution in [0.15, 0.2) is 24.3 Å². The number of hydrogen-bond donors (Lipinski definition) is 1. The fourth-order valence-corrected chi connectivity index (χ4v) is 2.68. The van der Waals surface area contributed by atoms with Crippen LogP contribution in [0.4, 0.5) is 4.39 Å². The van der Waals surface area contributed by atoms with Gasteiger partial charge in [0.2, 0.25) is 0 Å². The number of carbonyl (C=O) groups excluding carboxylic acids is 1. The first kappa shape index (κ1) is 13.1. The smallest absolute Gasteiger partial charge is 0.254 e. The number of nitrogens with one attached hydrogen (secondary N) is 1. The lowest BCUT2D eigenvalue weighted by Gasteiger charge is -2.34. The normalized spacial score (nSPS) is 27.8. The zero-order valence-electron chi connectivity index (χ0n) is 10.9. The first-order valence-corrected chi connectivity index (χ1v) is 6.65. The Morgan fingerprint density at radius 3 is 2.72 bits per heavy atom. The van der Waals surface area contributed by atoms with E-state index in [1.165, 1.54) is 18.6 Å². The molecule has 1 amide bonds. The van der Waals surface area contributed by atoms with Crippen LogP contribution in [0.3, 0.4) is 0 Å². The Bertz CT molecular complexity index is 432. The average molecular weight is 249 g/mol. The van der Waals surface area contributed by atoms with Crippen LogP contribution in [0.2, 0.25) is 0 Å². The number of hydrogen-bond acceptors (Lipinski definition) is 1. The summed E-state index contributed by atoms with van der Waals surface area (Å²) in [7, 11) is 0. The third kappa shape index (κ3) is 2.71. The van der Waals surface area contributed by atoms with Crippen molar-refractivity contribution in [1.82, 2.24) is 5.32 Å². The minimum Gasteiger partial charge on any atom is -0.349 e. The molecular weight excluding hydrogens is 229 g/mol. The van der Waals surface area contributed by atoms with Crippen molar-refractivity contribution in [1.29, 1.82) is 0 Å². The Balaban J connectivity index is 2.05. The molecule has 1 aromatic rings. The van der Waals surface area contributed by atoms with Crippen LogP contribution in [0.25, 0.3) is 0 Å². The van der Waals surface area contributed by atoms with E-state index >= 15 is 0 Å². The van der Waals surface area contributed by atoms with Crippen LogP contribution in [0, 0.1) is 17.7 Å². The summed E-state index contributed by atoms with van der Waals surface area (Å²) >= 11 is 0. The van der Waals surface area contributed by atoms with Gasteiger partial charge in [-0.1, -0.05) is 38.8 Å².